The molecule has 0 aromatic heterocycles. The third kappa shape index (κ3) is 5.72. The molecule has 0 bridgehead atoms. The van der Waals surface area contributed by atoms with Gasteiger partial charge < -0.3 is 5.32 Å². The van der Waals surface area contributed by atoms with Crippen LogP contribution >= 0.6 is 0 Å². The quantitative estimate of drug-likeness (QED) is 0.476. The normalized spacial score (nSPS) is 14.3. The van der Waals surface area contributed by atoms with Gasteiger partial charge in [0.1, 0.15) is 0 Å². The lowest BCUT2D eigenvalue weighted by Gasteiger charge is -2.13. The van der Waals surface area contributed by atoms with E-state index in [1.165, 1.54) is 0 Å². The van der Waals surface area contributed by atoms with Crippen LogP contribution in [0.1, 0.15) is 13.8 Å². The Balaban J connectivity index is 3.15. The number of hydrogen-bond acceptors (Lipinski definition) is 4. The topological polar surface area (TPSA) is 55.7 Å². The van der Waals surface area contributed by atoms with Crippen molar-refractivity contribution < 1.29 is 10.4 Å². The Morgan fingerprint density at radius 2 is 2.11 bits per heavy atom. The third-order valence-corrected chi connectivity index (χ3v) is 0.990. The fraction of sp³-hybridized carbons (Fsp3) is 1.00. The van der Waals surface area contributed by atoms with Gasteiger partial charge in [-0.05, 0) is 13.5 Å². The van der Waals surface area contributed by atoms with E-state index in [0.717, 1.165) is 6.54 Å². The molecule has 3 N–H and O–H groups in total. The monoisotopic (exact) mass is 134 g/mol. The van der Waals surface area contributed by atoms with Gasteiger partial charge in [-0.1, -0.05) is 12.2 Å². The summed E-state index contributed by atoms with van der Waals surface area (Å²) in [5.41, 5.74) is 0. The Morgan fingerprint density at radius 3 is 2.44 bits per heavy atom. The smallest absolute Gasteiger partial charge is 0.0663 e. The van der Waals surface area contributed by atoms with Crippen LogP contribution in [-0.2, 0) is 0 Å². The lowest BCUT2D eigenvalue weighted by atomic mass is 10.3. The zero-order chi connectivity index (χ0) is 7.28. The molecule has 0 heterocycles. The lowest BCUT2D eigenvalue weighted by Crippen LogP contribution is -2.35. The van der Waals surface area contributed by atoms with Crippen molar-refractivity contribution in [2.45, 2.75) is 19.9 Å². The van der Waals surface area contributed by atoms with E-state index in [1.807, 2.05) is 13.8 Å². The third-order valence-electron chi connectivity index (χ3n) is 0.990. The van der Waals surface area contributed by atoms with Crippen LogP contribution in [0, 0.1) is 0 Å². The molecular weight excluding hydrogens is 120 g/mol. The average Bonchev–Trinajstić information content (AvgIpc) is 1.63. The second kappa shape index (κ2) is 4.69. The van der Waals surface area contributed by atoms with Gasteiger partial charge in [0.25, 0.3) is 0 Å². The zero-order valence-electron chi connectivity index (χ0n) is 5.83. The highest BCUT2D eigenvalue weighted by atomic mass is 16.8. The minimum Gasteiger partial charge on any atom is -0.313 e. The van der Waals surface area contributed by atoms with E-state index in [2.05, 4.69) is 5.32 Å². The summed E-state index contributed by atoms with van der Waals surface area (Å²) < 4.78 is 0. The van der Waals surface area contributed by atoms with Gasteiger partial charge in [-0.2, -0.15) is 0 Å². The summed E-state index contributed by atoms with van der Waals surface area (Å²) in [6.07, 6.45) is 0. The molecule has 1 unspecified atom stereocenters. The molecule has 56 valence electrons. The molecule has 0 radical (unpaired) electrons. The predicted octanol–water partition coefficient (Wildman–Crippen LogP) is 0.0648. The van der Waals surface area contributed by atoms with E-state index in [0.29, 0.717) is 0 Å². The summed E-state index contributed by atoms with van der Waals surface area (Å²) in [5, 5.41) is 19.8. The molecule has 0 saturated carbocycles. The summed E-state index contributed by atoms with van der Waals surface area (Å²) in [6, 6.07) is 0.116. The molecule has 9 heavy (non-hydrogen) atoms. The van der Waals surface area contributed by atoms with E-state index in [4.69, 9.17) is 10.4 Å². The second-order valence-corrected chi connectivity index (χ2v) is 2.01. The van der Waals surface area contributed by atoms with Gasteiger partial charge in [0, 0.05) is 6.04 Å². The van der Waals surface area contributed by atoms with Crippen LogP contribution in [0.15, 0.2) is 0 Å². The molecule has 0 aliphatic heterocycles. The summed E-state index contributed by atoms with van der Waals surface area (Å²) >= 11 is 0. The van der Waals surface area contributed by atoms with Crippen molar-refractivity contribution >= 4 is 0 Å². The fourth-order valence-electron chi connectivity index (χ4n) is 0.658. The molecule has 0 saturated heterocycles. The first kappa shape index (κ1) is 8.84. The summed E-state index contributed by atoms with van der Waals surface area (Å²) in [5.74, 6) is 0. The van der Waals surface area contributed by atoms with Gasteiger partial charge >= 0.3 is 0 Å². The number of rotatable bonds is 4. The zero-order valence-corrected chi connectivity index (χ0v) is 5.83. The minimum atomic E-state index is 0.116. The van der Waals surface area contributed by atoms with E-state index in [-0.39, 0.29) is 17.8 Å². The van der Waals surface area contributed by atoms with Crippen molar-refractivity contribution in [3.63, 3.8) is 0 Å². The first-order valence-corrected chi connectivity index (χ1v) is 3.05. The van der Waals surface area contributed by atoms with Crippen molar-refractivity contribution in [1.29, 1.82) is 0 Å². The Bertz CT molecular complexity index is 68.0. The maximum atomic E-state index is 8.30. The van der Waals surface area contributed by atoms with Crippen LogP contribution in [-0.4, -0.2) is 34.8 Å². The van der Waals surface area contributed by atoms with Crippen molar-refractivity contribution in [3.8, 4) is 0 Å². The van der Waals surface area contributed by atoms with Crippen LogP contribution < -0.4 is 5.32 Å². The van der Waals surface area contributed by atoms with Crippen LogP contribution in [0.3, 0.4) is 0 Å². The molecular formula is C5H14N2O2. The number of nitrogens with zero attached hydrogens (tertiary/aromatic N) is 1. The largest absolute Gasteiger partial charge is 0.313 e. The molecule has 0 fully saturated rings. The molecule has 0 aliphatic carbocycles. The van der Waals surface area contributed by atoms with Crippen LogP contribution in [0.25, 0.3) is 0 Å². The number of nitrogens with one attached hydrogen (secondary N) is 1. The molecule has 1 atom stereocenters. The highest BCUT2D eigenvalue weighted by Gasteiger charge is 2.01. The van der Waals surface area contributed by atoms with Gasteiger partial charge in [-0.25, -0.2) is 0 Å². The van der Waals surface area contributed by atoms with E-state index < -0.39 is 0 Å². The molecule has 0 rings (SSSR count). The fourth-order valence-corrected chi connectivity index (χ4v) is 0.658. The van der Waals surface area contributed by atoms with Gasteiger partial charge in [0.2, 0.25) is 0 Å². The maximum Gasteiger partial charge on any atom is 0.0663 e. The van der Waals surface area contributed by atoms with Gasteiger partial charge in [0.15, 0.2) is 0 Å². The van der Waals surface area contributed by atoms with Gasteiger partial charge in [-0.15, -0.1) is 0 Å². The van der Waals surface area contributed by atoms with Crippen molar-refractivity contribution in [2.24, 2.45) is 0 Å². The SMILES string of the molecule is CCNC(C)CN(O)O. The standard InChI is InChI=1S/C5H14N2O2/c1-3-6-5(2)4-7(8)9/h5-6,8-9H,3-4H2,1-2H3. The minimum absolute atomic E-state index is 0.116. The summed E-state index contributed by atoms with van der Waals surface area (Å²) in [6.45, 7) is 4.92. The molecule has 0 aromatic rings. The Morgan fingerprint density at radius 1 is 1.56 bits per heavy atom. The van der Waals surface area contributed by atoms with E-state index in [9.17, 15) is 0 Å². The molecule has 4 nitrogen and oxygen atoms in total. The molecule has 0 spiro atoms. The van der Waals surface area contributed by atoms with Crippen LogP contribution in [0.2, 0.25) is 0 Å². The van der Waals surface area contributed by atoms with Crippen LogP contribution in [0.4, 0.5) is 0 Å². The Labute approximate surface area is 55.0 Å². The second-order valence-electron chi connectivity index (χ2n) is 2.01. The van der Waals surface area contributed by atoms with E-state index in [1.54, 1.807) is 0 Å². The first-order chi connectivity index (χ1) is 4.16. The summed E-state index contributed by atoms with van der Waals surface area (Å²) in [4.78, 5) is 0. The summed E-state index contributed by atoms with van der Waals surface area (Å²) in [7, 11) is 0. The maximum absolute atomic E-state index is 8.30. The molecule has 0 aromatic carbocycles. The number of hydroxylamine groups is 2. The van der Waals surface area contributed by atoms with Crippen molar-refractivity contribution in [2.75, 3.05) is 13.1 Å². The Hall–Kier alpha value is -0.160. The molecule has 0 amide bonds. The predicted molar refractivity (Wildman–Crippen MR) is 33.4 cm³/mol. The molecule has 4 heteroatoms. The van der Waals surface area contributed by atoms with Gasteiger partial charge in [0.05, 0.1) is 6.54 Å². The highest BCUT2D eigenvalue weighted by Crippen LogP contribution is 1.81. The van der Waals surface area contributed by atoms with Crippen molar-refractivity contribution in [1.82, 2.24) is 10.5 Å². The number of likely N-dealkylation sites (N-methyl/N-ethyl adjacent to an activating group) is 1. The van der Waals surface area contributed by atoms with Gasteiger partial charge in [-0.3, -0.25) is 10.4 Å². The van der Waals surface area contributed by atoms with Crippen LogP contribution in [0.5, 0.6) is 0 Å². The Kier molecular flexibility index (Phi) is 4.61. The molecule has 0 aliphatic rings. The highest BCUT2D eigenvalue weighted by molar-refractivity contribution is 4.57. The van der Waals surface area contributed by atoms with E-state index >= 15 is 0 Å². The first-order valence-electron chi connectivity index (χ1n) is 3.05. The van der Waals surface area contributed by atoms with Crippen molar-refractivity contribution in [3.05, 3.63) is 0 Å². The number of hydrogen-bond donors (Lipinski definition) is 3. The lowest BCUT2D eigenvalue weighted by molar-refractivity contribution is -0.308. The average molecular weight is 134 g/mol.